The fraction of sp³-hybridized carbons (Fsp3) is 0.412. The maximum Gasteiger partial charge on any atom is 0.472 e. The smallest absolute Gasteiger partial charge is 0.472 e. The van der Waals surface area contributed by atoms with E-state index in [2.05, 4.69) is 15.2 Å². The molecule has 6 N–H and O–H groups in total. The summed E-state index contributed by atoms with van der Waals surface area (Å²) in [6.07, 6.45) is 2.94. The lowest BCUT2D eigenvalue weighted by molar-refractivity contribution is -0.171. The standard InChI is InChI=1S/C34H45N3O15P2/c1-5-8-9-12-26(27(6-2)37(20-38)52-34(41)31-22(4)11-10-13-29(31)49-21-50-54(45,46)47)32(39)35-19-36-33(40)30-15-14-28(51-30)23-16-24(48-7-3)18-25(17-23)53(42,43)44/h10-11,13-18,20,26-27H,5-9,12,19,21H2,1-4H3,(H,35,39)(H,36,40)(H2,42,43,44)(H2,45,46,47). The number of phosphoric ester groups is 1. The molecule has 296 valence electrons. The molecule has 3 amide bonds. The Hall–Kier alpha value is -4.54. The molecule has 0 saturated carbocycles. The van der Waals surface area contributed by atoms with Crippen LogP contribution in [0.25, 0.3) is 11.3 Å². The van der Waals surface area contributed by atoms with Gasteiger partial charge in [-0.2, -0.15) is 5.06 Å². The van der Waals surface area contributed by atoms with Crippen LogP contribution in [0.1, 0.15) is 79.4 Å². The molecule has 1 heterocycles. The third-order valence-electron chi connectivity index (χ3n) is 8.00. The van der Waals surface area contributed by atoms with E-state index in [9.17, 15) is 38.1 Å². The van der Waals surface area contributed by atoms with Gasteiger partial charge < -0.3 is 48.9 Å². The van der Waals surface area contributed by atoms with Gasteiger partial charge in [0, 0.05) is 5.56 Å². The van der Waals surface area contributed by atoms with Gasteiger partial charge in [-0.3, -0.25) is 18.9 Å². The zero-order valence-corrected chi connectivity index (χ0v) is 31.9. The van der Waals surface area contributed by atoms with Gasteiger partial charge in [-0.15, -0.1) is 0 Å². The van der Waals surface area contributed by atoms with Gasteiger partial charge in [0.05, 0.1) is 30.5 Å². The van der Waals surface area contributed by atoms with E-state index in [1.54, 1.807) is 26.8 Å². The number of hydrogen-bond donors (Lipinski definition) is 6. The summed E-state index contributed by atoms with van der Waals surface area (Å²) in [4.78, 5) is 95.0. The number of aryl methyl sites for hydroxylation is 1. The predicted molar refractivity (Wildman–Crippen MR) is 192 cm³/mol. The van der Waals surface area contributed by atoms with Crippen LogP contribution in [-0.2, 0) is 28.1 Å². The van der Waals surface area contributed by atoms with Crippen LogP contribution in [0.3, 0.4) is 0 Å². The summed E-state index contributed by atoms with van der Waals surface area (Å²) >= 11 is 0. The summed E-state index contributed by atoms with van der Waals surface area (Å²) in [5.41, 5.74) is 0.468. The van der Waals surface area contributed by atoms with Crippen LogP contribution in [0.4, 0.5) is 0 Å². The van der Waals surface area contributed by atoms with E-state index in [0.717, 1.165) is 17.9 Å². The Morgan fingerprint density at radius 1 is 0.963 bits per heavy atom. The van der Waals surface area contributed by atoms with Gasteiger partial charge in [0.1, 0.15) is 22.8 Å². The van der Waals surface area contributed by atoms with Gasteiger partial charge in [-0.1, -0.05) is 45.2 Å². The Labute approximate surface area is 311 Å². The van der Waals surface area contributed by atoms with Crippen molar-refractivity contribution in [3.63, 3.8) is 0 Å². The molecule has 3 aromatic rings. The SMILES string of the molecule is CCCCCC(C(=O)NCNC(=O)c1ccc(-c2cc(OCC)cc(P(=O)(O)O)c2)o1)C(CC)N(C=O)OC(=O)c1c(C)cccc1OCOP(=O)(O)O. The molecular formula is C34H45N3O15P2. The van der Waals surface area contributed by atoms with Gasteiger partial charge in [-0.05, 0) is 68.7 Å². The number of benzene rings is 2. The number of carbonyl (C=O) groups is 4. The fourth-order valence-electron chi connectivity index (χ4n) is 5.43. The molecule has 0 fully saturated rings. The number of nitrogens with zero attached hydrogens (tertiary/aromatic N) is 1. The summed E-state index contributed by atoms with van der Waals surface area (Å²) in [5, 5.41) is 5.59. The Balaban J connectivity index is 1.73. The molecule has 3 rings (SSSR count). The van der Waals surface area contributed by atoms with Crippen molar-refractivity contribution < 1.29 is 71.1 Å². The molecule has 2 unspecified atom stereocenters. The van der Waals surface area contributed by atoms with Crippen molar-refractivity contribution in [1.29, 1.82) is 0 Å². The summed E-state index contributed by atoms with van der Waals surface area (Å²) in [5.74, 6) is -3.15. The monoisotopic (exact) mass is 797 g/mol. The van der Waals surface area contributed by atoms with Crippen molar-refractivity contribution in [3.8, 4) is 22.8 Å². The topological polar surface area (TPSA) is 261 Å². The molecule has 0 saturated heterocycles. The average molecular weight is 798 g/mol. The van der Waals surface area contributed by atoms with Crippen molar-refractivity contribution in [2.45, 2.75) is 65.8 Å². The van der Waals surface area contributed by atoms with Crippen LogP contribution >= 0.6 is 15.4 Å². The van der Waals surface area contributed by atoms with E-state index < -0.39 is 52.0 Å². The van der Waals surface area contributed by atoms with E-state index in [0.29, 0.717) is 18.4 Å². The van der Waals surface area contributed by atoms with Crippen LogP contribution in [0, 0.1) is 12.8 Å². The van der Waals surface area contributed by atoms with Crippen molar-refractivity contribution in [3.05, 3.63) is 65.4 Å². The second-order valence-electron chi connectivity index (χ2n) is 11.8. The minimum atomic E-state index is -4.87. The minimum Gasteiger partial charge on any atom is -0.494 e. The van der Waals surface area contributed by atoms with Gasteiger partial charge in [0.2, 0.25) is 12.3 Å². The Kier molecular flexibility index (Phi) is 16.4. The van der Waals surface area contributed by atoms with E-state index in [-0.39, 0.29) is 65.6 Å². The summed E-state index contributed by atoms with van der Waals surface area (Å²) in [7, 11) is -9.51. The summed E-state index contributed by atoms with van der Waals surface area (Å²) in [6.45, 7) is 5.93. The largest absolute Gasteiger partial charge is 0.494 e. The van der Waals surface area contributed by atoms with Crippen LogP contribution in [0.5, 0.6) is 11.5 Å². The number of carbonyl (C=O) groups excluding carboxylic acids is 4. The highest BCUT2D eigenvalue weighted by Gasteiger charge is 2.34. The number of furan rings is 1. The Morgan fingerprint density at radius 3 is 2.33 bits per heavy atom. The van der Waals surface area contributed by atoms with Crippen molar-refractivity contribution >= 4 is 44.9 Å². The third-order valence-corrected chi connectivity index (χ3v) is 9.37. The molecule has 0 radical (unpaired) electrons. The first kappa shape index (κ1) is 43.9. The fourth-order valence-corrected chi connectivity index (χ4v) is 6.23. The molecule has 20 heteroatoms. The molecule has 2 atom stereocenters. The number of amides is 3. The van der Waals surface area contributed by atoms with Gasteiger partial charge >= 0.3 is 21.4 Å². The number of hydroxylamine groups is 2. The molecule has 0 aliphatic carbocycles. The highest BCUT2D eigenvalue weighted by Crippen LogP contribution is 2.38. The van der Waals surface area contributed by atoms with Crippen molar-refractivity contribution in [1.82, 2.24) is 15.7 Å². The molecule has 18 nitrogen and oxygen atoms in total. The molecule has 0 spiro atoms. The molecule has 1 aromatic heterocycles. The summed E-state index contributed by atoms with van der Waals surface area (Å²) in [6, 6.07) is 10.2. The lowest BCUT2D eigenvalue weighted by atomic mass is 9.90. The third kappa shape index (κ3) is 12.8. The van der Waals surface area contributed by atoms with Gasteiger partial charge in [0.15, 0.2) is 12.6 Å². The molecule has 54 heavy (non-hydrogen) atoms. The quantitative estimate of drug-likeness (QED) is 0.0277. The average Bonchev–Trinajstić information content (AvgIpc) is 3.60. The van der Waals surface area contributed by atoms with E-state index in [1.165, 1.54) is 42.5 Å². The van der Waals surface area contributed by atoms with Gasteiger partial charge in [0.25, 0.3) is 5.91 Å². The maximum atomic E-state index is 13.6. The minimum absolute atomic E-state index is 0.129. The molecule has 0 bridgehead atoms. The maximum absolute atomic E-state index is 13.6. The lowest BCUT2D eigenvalue weighted by Gasteiger charge is -2.32. The van der Waals surface area contributed by atoms with Crippen LogP contribution < -0.4 is 25.4 Å². The molecule has 0 aliphatic rings. The molecule has 2 aromatic carbocycles. The molecule has 0 aliphatic heterocycles. The lowest BCUT2D eigenvalue weighted by Crippen LogP contribution is -2.49. The zero-order chi connectivity index (χ0) is 40.1. The first-order valence-corrected chi connectivity index (χ1v) is 20.1. The Morgan fingerprint density at radius 2 is 1.70 bits per heavy atom. The highest BCUT2D eigenvalue weighted by molar-refractivity contribution is 7.60. The van der Waals surface area contributed by atoms with E-state index in [4.69, 9.17) is 28.5 Å². The second-order valence-corrected chi connectivity index (χ2v) is 14.7. The van der Waals surface area contributed by atoms with Crippen molar-refractivity contribution in [2.75, 3.05) is 20.1 Å². The normalized spacial score (nSPS) is 12.7. The number of phosphoric acid groups is 1. The number of unbranched alkanes of at least 4 members (excludes halogenated alkanes) is 2. The molecular weight excluding hydrogens is 752 g/mol. The van der Waals surface area contributed by atoms with E-state index >= 15 is 0 Å². The van der Waals surface area contributed by atoms with E-state index in [1.807, 2.05) is 6.92 Å². The number of rotatable bonds is 22. The second kappa shape index (κ2) is 20.2. The van der Waals surface area contributed by atoms with Crippen molar-refractivity contribution in [2.24, 2.45) is 5.92 Å². The predicted octanol–water partition coefficient (Wildman–Crippen LogP) is 3.91. The summed E-state index contributed by atoms with van der Waals surface area (Å²) < 4.78 is 43.6. The first-order valence-electron chi connectivity index (χ1n) is 16.9. The first-order chi connectivity index (χ1) is 25.5. The number of nitrogens with one attached hydrogen (secondary N) is 2. The highest BCUT2D eigenvalue weighted by atomic mass is 31.2. The van der Waals surface area contributed by atoms with Gasteiger partial charge in [-0.25, -0.2) is 13.9 Å². The van der Waals surface area contributed by atoms with Crippen LogP contribution in [0.15, 0.2) is 52.9 Å². The van der Waals surface area contributed by atoms with Crippen LogP contribution in [-0.4, -0.2) is 74.9 Å². The van der Waals surface area contributed by atoms with Crippen LogP contribution in [0.2, 0.25) is 0 Å². The zero-order valence-electron chi connectivity index (χ0n) is 30.1. The number of ether oxygens (including phenoxy) is 2. The Bertz CT molecular complexity index is 1850. The number of hydrogen-bond acceptors (Lipinski definition) is 11.